The zero-order valence-corrected chi connectivity index (χ0v) is 25.3. The summed E-state index contributed by atoms with van der Waals surface area (Å²) in [6.07, 6.45) is -4.45. The lowest BCUT2D eigenvalue weighted by atomic mass is 9.65. The molecule has 4 nitrogen and oxygen atoms in total. The monoisotopic (exact) mass is 630 g/mol. The first-order valence-corrected chi connectivity index (χ1v) is 15.6. The standard InChI is InChI=1S/C41H25F3N4/c42-41(43,44)27-23-21-26(22-24-27)38-46-37(25-11-2-1-3-12-25)47-39(48-38)29-14-10-18-33-36(29)28-13-4-5-15-30(28)40(33)31-16-6-8-19-34(31)45-35-20-9-7-17-32(35)40/h1-24,45H. The number of para-hydroxylation sites is 2. The minimum atomic E-state index is -4.45. The van der Waals surface area contributed by atoms with Gasteiger partial charge < -0.3 is 5.32 Å². The van der Waals surface area contributed by atoms with E-state index >= 15 is 0 Å². The Balaban J connectivity index is 1.33. The Bertz CT molecular complexity index is 2320. The molecule has 6 aromatic carbocycles. The molecule has 0 bridgehead atoms. The van der Waals surface area contributed by atoms with E-state index in [1.54, 1.807) is 0 Å². The average Bonchev–Trinajstić information content (AvgIpc) is 3.42. The van der Waals surface area contributed by atoms with Crippen molar-refractivity contribution in [2.24, 2.45) is 0 Å². The van der Waals surface area contributed by atoms with Gasteiger partial charge in [0.15, 0.2) is 17.5 Å². The van der Waals surface area contributed by atoms with Crippen molar-refractivity contribution in [3.63, 3.8) is 0 Å². The number of halogens is 3. The third-order valence-corrected chi connectivity index (χ3v) is 9.38. The SMILES string of the molecule is FC(F)(F)c1ccc(-c2nc(-c3ccccc3)nc(-c3cccc4c3-c3ccccc3C43c4ccccc4Nc4ccccc43)n2)cc1. The number of benzene rings is 6. The largest absolute Gasteiger partial charge is 0.416 e. The predicted molar refractivity (Wildman–Crippen MR) is 182 cm³/mol. The van der Waals surface area contributed by atoms with Gasteiger partial charge in [-0.3, -0.25) is 0 Å². The lowest BCUT2D eigenvalue weighted by Gasteiger charge is -2.40. The fourth-order valence-electron chi connectivity index (χ4n) is 7.37. The first-order valence-electron chi connectivity index (χ1n) is 15.6. The summed E-state index contributed by atoms with van der Waals surface area (Å²) < 4.78 is 40.3. The number of nitrogens with one attached hydrogen (secondary N) is 1. The number of alkyl halides is 3. The van der Waals surface area contributed by atoms with Crippen LogP contribution in [0.3, 0.4) is 0 Å². The summed E-state index contributed by atoms with van der Waals surface area (Å²) in [6.45, 7) is 0. The number of hydrogen-bond acceptors (Lipinski definition) is 4. The maximum atomic E-state index is 13.4. The van der Waals surface area contributed by atoms with Crippen LogP contribution in [0.15, 0.2) is 146 Å². The van der Waals surface area contributed by atoms with Gasteiger partial charge in [-0.25, -0.2) is 15.0 Å². The van der Waals surface area contributed by atoms with E-state index in [2.05, 4.69) is 66.0 Å². The summed E-state index contributed by atoms with van der Waals surface area (Å²) in [7, 11) is 0. The number of anilines is 2. The zero-order chi connectivity index (χ0) is 32.5. The van der Waals surface area contributed by atoms with Gasteiger partial charge in [0.2, 0.25) is 0 Å². The molecule has 1 spiro atoms. The van der Waals surface area contributed by atoms with Crippen LogP contribution >= 0.6 is 0 Å². The Hall–Kier alpha value is -6.08. The Morgan fingerprint density at radius 1 is 0.438 bits per heavy atom. The van der Waals surface area contributed by atoms with Crippen LogP contribution in [0.2, 0.25) is 0 Å². The van der Waals surface area contributed by atoms with Gasteiger partial charge in [-0.2, -0.15) is 13.2 Å². The van der Waals surface area contributed by atoms with Crippen LogP contribution in [-0.4, -0.2) is 15.0 Å². The van der Waals surface area contributed by atoms with Gasteiger partial charge in [-0.15, -0.1) is 0 Å². The topological polar surface area (TPSA) is 50.7 Å². The molecule has 0 saturated heterocycles. The second kappa shape index (κ2) is 10.5. The third-order valence-electron chi connectivity index (χ3n) is 9.38. The van der Waals surface area contributed by atoms with Crippen LogP contribution in [0.25, 0.3) is 45.3 Å². The van der Waals surface area contributed by atoms with E-state index in [0.29, 0.717) is 23.0 Å². The number of nitrogens with zero attached hydrogens (tertiary/aromatic N) is 3. The summed E-state index contributed by atoms with van der Waals surface area (Å²) in [6, 6.07) is 46.1. The highest BCUT2D eigenvalue weighted by molar-refractivity contribution is 5.97. The molecule has 0 radical (unpaired) electrons. The third kappa shape index (κ3) is 4.14. The number of rotatable bonds is 3. The highest BCUT2D eigenvalue weighted by Gasteiger charge is 2.50. The van der Waals surface area contributed by atoms with E-state index in [-0.39, 0.29) is 0 Å². The van der Waals surface area contributed by atoms with E-state index in [0.717, 1.165) is 68.0 Å². The molecule has 2 aliphatic rings. The van der Waals surface area contributed by atoms with Crippen molar-refractivity contribution >= 4 is 11.4 Å². The van der Waals surface area contributed by atoms with Crippen LogP contribution in [0.4, 0.5) is 24.5 Å². The fraction of sp³-hybridized carbons (Fsp3) is 0.0488. The molecule has 48 heavy (non-hydrogen) atoms. The Morgan fingerprint density at radius 3 is 1.58 bits per heavy atom. The molecule has 0 atom stereocenters. The quantitative estimate of drug-likeness (QED) is 0.211. The molecule has 9 rings (SSSR count). The van der Waals surface area contributed by atoms with Crippen LogP contribution in [0.1, 0.15) is 27.8 Å². The fourth-order valence-corrected chi connectivity index (χ4v) is 7.37. The molecule has 0 unspecified atom stereocenters. The van der Waals surface area contributed by atoms with E-state index in [1.165, 1.54) is 12.1 Å². The lowest BCUT2D eigenvalue weighted by Crippen LogP contribution is -2.33. The molecule has 0 amide bonds. The first-order chi connectivity index (χ1) is 23.4. The number of fused-ring (bicyclic) bond motifs is 9. The van der Waals surface area contributed by atoms with Gasteiger partial charge in [-0.05, 0) is 57.6 Å². The van der Waals surface area contributed by atoms with E-state index in [1.807, 2.05) is 60.7 Å². The van der Waals surface area contributed by atoms with Crippen molar-refractivity contribution in [2.45, 2.75) is 11.6 Å². The Kier molecular flexibility index (Phi) is 6.14. The summed E-state index contributed by atoms with van der Waals surface area (Å²) in [5, 5.41) is 3.66. The van der Waals surface area contributed by atoms with Gasteiger partial charge in [0.1, 0.15) is 0 Å². The van der Waals surface area contributed by atoms with E-state index in [4.69, 9.17) is 15.0 Å². The van der Waals surface area contributed by atoms with Gasteiger partial charge in [0.25, 0.3) is 0 Å². The van der Waals surface area contributed by atoms with Gasteiger partial charge in [-0.1, -0.05) is 121 Å². The summed E-state index contributed by atoms with van der Waals surface area (Å²) in [5.41, 5.74) is 9.48. The molecule has 1 aromatic heterocycles. The Labute approximate surface area is 274 Å². The molecule has 2 heterocycles. The average molecular weight is 631 g/mol. The molecule has 0 fully saturated rings. The first kappa shape index (κ1) is 28.2. The second-order valence-corrected chi connectivity index (χ2v) is 12.0. The highest BCUT2D eigenvalue weighted by atomic mass is 19.4. The maximum absolute atomic E-state index is 13.4. The predicted octanol–water partition coefficient (Wildman–Crippen LogP) is 10.3. The summed E-state index contributed by atoms with van der Waals surface area (Å²) in [4.78, 5) is 14.7. The molecule has 1 aliphatic heterocycles. The Morgan fingerprint density at radius 2 is 0.938 bits per heavy atom. The molecule has 1 N–H and O–H groups in total. The molecular weight excluding hydrogens is 605 g/mol. The zero-order valence-electron chi connectivity index (χ0n) is 25.3. The second-order valence-electron chi connectivity index (χ2n) is 12.0. The molecule has 7 heteroatoms. The van der Waals surface area contributed by atoms with Crippen LogP contribution in [0, 0.1) is 0 Å². The normalized spacial score (nSPS) is 13.6. The smallest absolute Gasteiger partial charge is 0.355 e. The molecule has 0 saturated carbocycles. The van der Waals surface area contributed by atoms with Gasteiger partial charge >= 0.3 is 6.18 Å². The molecule has 1 aliphatic carbocycles. The van der Waals surface area contributed by atoms with Crippen molar-refractivity contribution in [3.8, 4) is 45.3 Å². The van der Waals surface area contributed by atoms with Crippen molar-refractivity contribution in [3.05, 3.63) is 173 Å². The van der Waals surface area contributed by atoms with E-state index in [9.17, 15) is 13.2 Å². The summed E-state index contributed by atoms with van der Waals surface area (Å²) in [5.74, 6) is 1.17. The molecule has 7 aromatic rings. The number of aromatic nitrogens is 3. The molecule has 230 valence electrons. The number of hydrogen-bond donors (Lipinski definition) is 1. The minimum Gasteiger partial charge on any atom is -0.355 e. The van der Waals surface area contributed by atoms with Crippen LogP contribution < -0.4 is 5.32 Å². The van der Waals surface area contributed by atoms with Gasteiger partial charge in [0, 0.05) is 28.1 Å². The van der Waals surface area contributed by atoms with Gasteiger partial charge in [0.05, 0.1) is 11.0 Å². The van der Waals surface area contributed by atoms with Crippen molar-refractivity contribution in [2.75, 3.05) is 5.32 Å². The van der Waals surface area contributed by atoms with E-state index < -0.39 is 17.2 Å². The van der Waals surface area contributed by atoms with Crippen molar-refractivity contribution in [1.82, 2.24) is 15.0 Å². The highest BCUT2D eigenvalue weighted by Crippen LogP contribution is 2.62. The summed E-state index contributed by atoms with van der Waals surface area (Å²) >= 11 is 0. The van der Waals surface area contributed by atoms with Crippen molar-refractivity contribution < 1.29 is 13.2 Å². The van der Waals surface area contributed by atoms with Crippen LogP contribution in [-0.2, 0) is 11.6 Å². The van der Waals surface area contributed by atoms with Crippen molar-refractivity contribution in [1.29, 1.82) is 0 Å². The minimum absolute atomic E-state index is 0.295. The lowest BCUT2D eigenvalue weighted by molar-refractivity contribution is -0.137. The molecular formula is C41H25F3N4. The van der Waals surface area contributed by atoms with Crippen LogP contribution in [0.5, 0.6) is 0 Å². The maximum Gasteiger partial charge on any atom is 0.416 e.